The number of ether oxygens (including phenoxy) is 3. The van der Waals surface area contributed by atoms with Crippen LogP contribution in [0.25, 0.3) is 21.8 Å². The fraction of sp³-hybridized carbons (Fsp3) is 0.469. The second-order valence-corrected chi connectivity index (χ2v) is 18.2. The van der Waals surface area contributed by atoms with Crippen molar-refractivity contribution in [3.8, 4) is 11.8 Å². The molecule has 2 aromatic carbocycles. The number of amides is 1. The summed E-state index contributed by atoms with van der Waals surface area (Å²) in [5, 5.41) is 15.5. The minimum Gasteiger partial charge on any atom is -0.486 e. The number of aromatic nitrogens is 4. The Bertz CT molecular complexity index is 1840. The van der Waals surface area contributed by atoms with E-state index in [0.29, 0.717) is 66.2 Å². The Morgan fingerprint density at radius 3 is 2.65 bits per heavy atom. The molecule has 1 amide bonds. The summed E-state index contributed by atoms with van der Waals surface area (Å²) in [5.41, 5.74) is 2.10. The number of carbonyl (C=O) groups is 1. The van der Waals surface area contributed by atoms with Gasteiger partial charge in [-0.2, -0.15) is 10.4 Å². The minimum absolute atomic E-state index is 0.0275. The van der Waals surface area contributed by atoms with Crippen LogP contribution < -0.4 is 10.3 Å². The van der Waals surface area contributed by atoms with Crippen molar-refractivity contribution >= 4 is 35.8 Å². The van der Waals surface area contributed by atoms with Gasteiger partial charge in [0.15, 0.2) is 0 Å². The fourth-order valence-electron chi connectivity index (χ4n) is 5.41. The number of halogens is 2. The summed E-state index contributed by atoms with van der Waals surface area (Å²) in [6.45, 7) is 9.99. The molecule has 5 rings (SSSR count). The largest absolute Gasteiger partial charge is 0.486 e. The molecule has 11 nitrogen and oxygen atoms in total. The summed E-state index contributed by atoms with van der Waals surface area (Å²) in [5.74, 6) is 0.332. The van der Waals surface area contributed by atoms with Gasteiger partial charge in [0, 0.05) is 39.2 Å². The van der Waals surface area contributed by atoms with Gasteiger partial charge in [0.25, 0.3) is 12.0 Å². The number of hydrogen-bond acceptors (Lipinski definition) is 8. The Balaban J connectivity index is 1.59. The molecule has 0 atom stereocenters. The van der Waals surface area contributed by atoms with Crippen molar-refractivity contribution in [2.24, 2.45) is 0 Å². The van der Waals surface area contributed by atoms with Crippen LogP contribution in [0.2, 0.25) is 25.7 Å². The van der Waals surface area contributed by atoms with Crippen LogP contribution in [0.3, 0.4) is 0 Å². The molecular formula is C32H38F2N6O5Si. The molecule has 4 aromatic rings. The summed E-state index contributed by atoms with van der Waals surface area (Å²) in [6, 6.07) is 11.4. The van der Waals surface area contributed by atoms with Crippen LogP contribution in [0.15, 0.2) is 35.1 Å². The average molecular weight is 653 g/mol. The maximum Gasteiger partial charge on any atom is 0.275 e. The van der Waals surface area contributed by atoms with Gasteiger partial charge in [0.2, 0.25) is 5.91 Å². The van der Waals surface area contributed by atoms with E-state index in [-0.39, 0.29) is 42.5 Å². The number of nitriles is 1. The van der Waals surface area contributed by atoms with E-state index in [0.717, 1.165) is 11.6 Å². The van der Waals surface area contributed by atoms with Crippen LogP contribution in [0, 0.1) is 18.3 Å². The molecule has 0 bridgehead atoms. The minimum atomic E-state index is -2.71. The second-order valence-electron chi connectivity index (χ2n) is 12.5. The van der Waals surface area contributed by atoms with Gasteiger partial charge in [-0.1, -0.05) is 31.8 Å². The maximum absolute atomic E-state index is 13.6. The molecular weight excluding hydrogens is 614 g/mol. The van der Waals surface area contributed by atoms with Gasteiger partial charge >= 0.3 is 0 Å². The number of benzene rings is 2. The maximum atomic E-state index is 13.6. The molecule has 1 fully saturated rings. The van der Waals surface area contributed by atoms with Crippen molar-refractivity contribution in [1.29, 1.82) is 5.26 Å². The highest BCUT2D eigenvalue weighted by molar-refractivity contribution is 6.76. The van der Waals surface area contributed by atoms with Crippen LogP contribution in [-0.2, 0) is 34.0 Å². The van der Waals surface area contributed by atoms with Crippen molar-refractivity contribution in [1.82, 2.24) is 24.2 Å². The number of alkyl halides is 2. The normalized spacial score (nSPS) is 13.9. The zero-order valence-corrected chi connectivity index (χ0v) is 27.5. The highest BCUT2D eigenvalue weighted by Crippen LogP contribution is 2.29. The van der Waals surface area contributed by atoms with E-state index in [9.17, 15) is 23.6 Å². The first-order chi connectivity index (χ1) is 21.9. The molecule has 0 unspecified atom stereocenters. The summed E-state index contributed by atoms with van der Waals surface area (Å²) in [6.07, 6.45) is -2.55. The molecule has 0 radical (unpaired) electrons. The number of nitrogens with zero attached hydrogens (tertiary/aromatic N) is 6. The van der Waals surface area contributed by atoms with Gasteiger partial charge in [-0.3, -0.25) is 9.59 Å². The first-order valence-electron chi connectivity index (χ1n) is 15.2. The van der Waals surface area contributed by atoms with Gasteiger partial charge in [0.1, 0.15) is 37.5 Å². The zero-order valence-electron chi connectivity index (χ0n) is 26.5. The molecule has 1 saturated heterocycles. The van der Waals surface area contributed by atoms with Gasteiger partial charge in [0.05, 0.1) is 47.3 Å². The fourth-order valence-corrected chi connectivity index (χ4v) is 6.16. The third-order valence-corrected chi connectivity index (χ3v) is 9.58. The van der Waals surface area contributed by atoms with E-state index in [1.165, 1.54) is 16.8 Å². The van der Waals surface area contributed by atoms with Crippen LogP contribution in [0.4, 0.5) is 8.78 Å². The van der Waals surface area contributed by atoms with Crippen molar-refractivity contribution in [3.05, 3.63) is 63.3 Å². The van der Waals surface area contributed by atoms with E-state index in [4.69, 9.17) is 24.3 Å². The van der Waals surface area contributed by atoms with Crippen molar-refractivity contribution in [2.75, 3.05) is 39.5 Å². The molecule has 46 heavy (non-hydrogen) atoms. The van der Waals surface area contributed by atoms with Gasteiger partial charge in [-0.05, 0) is 30.7 Å². The van der Waals surface area contributed by atoms with Gasteiger partial charge in [-0.15, -0.1) is 0 Å². The lowest BCUT2D eigenvalue weighted by Gasteiger charge is -2.27. The smallest absolute Gasteiger partial charge is 0.275 e. The van der Waals surface area contributed by atoms with Gasteiger partial charge in [-0.25, -0.2) is 18.4 Å². The number of fused-ring (bicyclic) bond motifs is 2. The first-order valence-corrected chi connectivity index (χ1v) is 18.9. The molecule has 1 aliphatic heterocycles. The first kappa shape index (κ1) is 33.2. The summed E-state index contributed by atoms with van der Waals surface area (Å²) in [4.78, 5) is 33.2. The van der Waals surface area contributed by atoms with Crippen molar-refractivity contribution in [2.45, 2.75) is 58.7 Å². The number of morpholine rings is 1. The number of imidazole rings is 1. The topological polar surface area (TPSA) is 125 Å². The lowest BCUT2D eigenvalue weighted by Crippen LogP contribution is -2.44. The Hall–Kier alpha value is -4.19. The Kier molecular flexibility index (Phi) is 10.1. The van der Waals surface area contributed by atoms with E-state index in [1.54, 1.807) is 17.0 Å². The van der Waals surface area contributed by atoms with E-state index in [1.807, 2.05) is 23.6 Å². The molecule has 0 saturated carbocycles. The van der Waals surface area contributed by atoms with Crippen LogP contribution in [0.1, 0.15) is 22.6 Å². The summed E-state index contributed by atoms with van der Waals surface area (Å²) in [7, 11) is -1.38. The summed E-state index contributed by atoms with van der Waals surface area (Å²) < 4.78 is 45.8. The molecule has 0 N–H and O–H groups in total. The van der Waals surface area contributed by atoms with Crippen molar-refractivity contribution in [3.63, 3.8) is 0 Å². The highest BCUT2D eigenvalue weighted by Gasteiger charge is 2.23. The summed E-state index contributed by atoms with van der Waals surface area (Å²) >= 11 is 0. The molecule has 244 valence electrons. The van der Waals surface area contributed by atoms with Crippen LogP contribution in [-0.4, -0.2) is 84.2 Å². The number of hydrogen-bond donors (Lipinski definition) is 0. The molecule has 2 aromatic heterocycles. The molecule has 0 aliphatic carbocycles. The zero-order chi connectivity index (χ0) is 33.0. The van der Waals surface area contributed by atoms with Crippen LogP contribution >= 0.6 is 0 Å². The van der Waals surface area contributed by atoms with Gasteiger partial charge < -0.3 is 23.7 Å². The monoisotopic (exact) mass is 652 g/mol. The average Bonchev–Trinajstić information content (AvgIpc) is 3.35. The van der Waals surface area contributed by atoms with E-state index < -0.39 is 21.1 Å². The second kappa shape index (κ2) is 14.1. The molecule has 14 heteroatoms. The number of rotatable bonds is 12. The SMILES string of the molecule is Cc1cccc2c(=O)n(CC(=O)N3CCOCC3)nc(Cc3nc4cc(C#N)c(OCC(F)F)cc4n3COCC[Si](C)(C)C)c12. The highest BCUT2D eigenvalue weighted by atomic mass is 28.3. The predicted octanol–water partition coefficient (Wildman–Crippen LogP) is 4.33. The van der Waals surface area contributed by atoms with E-state index in [2.05, 4.69) is 19.6 Å². The lowest BCUT2D eigenvalue weighted by molar-refractivity contribution is -0.136. The standard InChI is InChI=1S/C32H38F2N6O5Si/c1-21-6-5-7-23-31(21)25(37-40(32(23)42)18-30(41)38-8-10-43-11-9-38)15-29-36-24-14-22(17-35)27(45-19-28(33)34)16-26(24)39(29)20-44-12-13-46(2,3)4/h5-7,14,16,28H,8-13,15,18-20H2,1-4H3. The Morgan fingerprint density at radius 2 is 1.96 bits per heavy atom. The Morgan fingerprint density at radius 1 is 1.20 bits per heavy atom. The molecule has 3 heterocycles. The lowest BCUT2D eigenvalue weighted by atomic mass is 10.0. The number of aryl methyl sites for hydroxylation is 1. The molecule has 1 aliphatic rings. The molecule has 0 spiro atoms. The quantitative estimate of drug-likeness (QED) is 0.164. The third-order valence-electron chi connectivity index (χ3n) is 7.87. The Labute approximate surface area is 266 Å². The van der Waals surface area contributed by atoms with Crippen molar-refractivity contribution < 1.29 is 27.8 Å². The predicted molar refractivity (Wildman–Crippen MR) is 171 cm³/mol. The van der Waals surface area contributed by atoms with Crippen LogP contribution in [0.5, 0.6) is 5.75 Å². The van der Waals surface area contributed by atoms with E-state index >= 15 is 0 Å². The number of carbonyl (C=O) groups excluding carboxylic acids is 1. The third kappa shape index (κ3) is 7.60.